The fraction of sp³-hybridized carbons (Fsp3) is 1.00. The van der Waals surface area contributed by atoms with Gasteiger partial charge in [-0.25, -0.2) is 0 Å². The van der Waals surface area contributed by atoms with Crippen molar-refractivity contribution >= 4 is 0 Å². The van der Waals surface area contributed by atoms with Crippen LogP contribution < -0.4 is 37.2 Å². The van der Waals surface area contributed by atoms with E-state index in [1.165, 1.54) is 12.8 Å². The molecule has 1 radical (unpaired) electrons. The molecule has 89 valence electrons. The second-order valence-electron chi connectivity index (χ2n) is 5.13. The van der Waals surface area contributed by atoms with Crippen LogP contribution in [0, 0.1) is 16.7 Å². The Hall–Kier alpha value is 1.54. The molecular formula is C10H18Cl3OTi. The summed E-state index contributed by atoms with van der Waals surface area (Å²) in [5, 5.41) is 9.81. The van der Waals surface area contributed by atoms with Gasteiger partial charge in [0.15, 0.2) is 0 Å². The SMILES string of the molecule is CC1(C)C2CC[C@]1(C)C(O)C2.[Cl-].[Cl-].[Cl-].[Ti+3]. The van der Waals surface area contributed by atoms with Gasteiger partial charge in [-0.1, -0.05) is 20.8 Å². The number of aliphatic hydroxyl groups is 1. The van der Waals surface area contributed by atoms with Crippen LogP contribution in [0.2, 0.25) is 0 Å². The molecule has 2 bridgehead atoms. The van der Waals surface area contributed by atoms with Crippen LogP contribution in [0.3, 0.4) is 0 Å². The van der Waals surface area contributed by atoms with Crippen molar-refractivity contribution in [2.75, 3.05) is 0 Å². The summed E-state index contributed by atoms with van der Waals surface area (Å²) in [6, 6.07) is 0. The number of hydrogen-bond acceptors (Lipinski definition) is 1. The normalized spacial score (nSPS) is 39.2. The van der Waals surface area contributed by atoms with Crippen molar-refractivity contribution in [3.05, 3.63) is 0 Å². The maximum Gasteiger partial charge on any atom is 3.00 e. The average molecular weight is 308 g/mol. The van der Waals surface area contributed by atoms with Crippen LogP contribution >= 0.6 is 0 Å². The van der Waals surface area contributed by atoms with Gasteiger partial charge in [-0.3, -0.25) is 0 Å². The molecule has 2 unspecified atom stereocenters. The Morgan fingerprint density at radius 1 is 1.07 bits per heavy atom. The molecule has 0 aromatic heterocycles. The van der Waals surface area contributed by atoms with Gasteiger partial charge in [-0.05, 0) is 36.0 Å². The van der Waals surface area contributed by atoms with E-state index in [0.29, 0.717) is 5.41 Å². The molecule has 0 spiro atoms. The van der Waals surface area contributed by atoms with E-state index in [1.807, 2.05) is 0 Å². The molecule has 0 saturated heterocycles. The Kier molecular flexibility index (Phi) is 9.40. The Morgan fingerprint density at radius 2 is 1.53 bits per heavy atom. The van der Waals surface area contributed by atoms with Gasteiger partial charge < -0.3 is 42.3 Å². The van der Waals surface area contributed by atoms with Crippen molar-refractivity contribution in [1.82, 2.24) is 0 Å². The first-order valence-electron chi connectivity index (χ1n) is 4.66. The molecule has 0 heterocycles. The quantitative estimate of drug-likeness (QED) is 0.441. The van der Waals surface area contributed by atoms with Gasteiger partial charge in [0.1, 0.15) is 0 Å². The molecule has 0 amide bonds. The van der Waals surface area contributed by atoms with Gasteiger partial charge in [-0.15, -0.1) is 0 Å². The second kappa shape index (κ2) is 6.47. The van der Waals surface area contributed by atoms with Gasteiger partial charge in [0.25, 0.3) is 0 Å². The Bertz CT molecular complexity index is 201. The first-order valence-corrected chi connectivity index (χ1v) is 4.66. The van der Waals surface area contributed by atoms with Crippen molar-refractivity contribution in [2.45, 2.75) is 46.1 Å². The van der Waals surface area contributed by atoms with Crippen LogP contribution in [-0.2, 0) is 21.7 Å². The van der Waals surface area contributed by atoms with Gasteiger partial charge >= 0.3 is 21.7 Å². The molecule has 0 aliphatic heterocycles. The van der Waals surface area contributed by atoms with Crippen LogP contribution in [0.1, 0.15) is 40.0 Å². The Balaban J connectivity index is -0.000000360. The topological polar surface area (TPSA) is 20.2 Å². The van der Waals surface area contributed by atoms with E-state index in [9.17, 15) is 5.11 Å². The number of hydrogen-bond donors (Lipinski definition) is 1. The van der Waals surface area contributed by atoms with Crippen molar-refractivity contribution < 1.29 is 64.0 Å². The summed E-state index contributed by atoms with van der Waals surface area (Å²) in [6.07, 6.45) is 3.58. The largest absolute Gasteiger partial charge is 3.00 e. The zero-order chi connectivity index (χ0) is 8.28. The molecule has 1 nitrogen and oxygen atoms in total. The van der Waals surface area contributed by atoms with E-state index in [0.717, 1.165) is 12.3 Å². The first kappa shape index (κ1) is 21.8. The molecule has 2 aliphatic carbocycles. The third kappa shape index (κ3) is 2.69. The molecule has 15 heavy (non-hydrogen) atoms. The molecule has 1 N–H and O–H groups in total. The van der Waals surface area contributed by atoms with Gasteiger partial charge in [0.05, 0.1) is 6.10 Å². The zero-order valence-electron chi connectivity index (χ0n) is 9.36. The van der Waals surface area contributed by atoms with Gasteiger partial charge in [0.2, 0.25) is 0 Å². The maximum atomic E-state index is 9.81. The molecule has 0 aromatic rings. The summed E-state index contributed by atoms with van der Waals surface area (Å²) in [6.45, 7) is 6.90. The minimum Gasteiger partial charge on any atom is -1.00 e. The smallest absolute Gasteiger partial charge is 1.00 e. The van der Waals surface area contributed by atoms with E-state index < -0.39 is 0 Å². The van der Waals surface area contributed by atoms with Crippen molar-refractivity contribution in [1.29, 1.82) is 0 Å². The van der Waals surface area contributed by atoms with E-state index in [1.54, 1.807) is 0 Å². The molecule has 0 aromatic carbocycles. The first-order chi connectivity index (χ1) is 4.98. The summed E-state index contributed by atoms with van der Waals surface area (Å²) in [7, 11) is 0. The van der Waals surface area contributed by atoms with Crippen LogP contribution in [-0.4, -0.2) is 11.2 Å². The van der Waals surface area contributed by atoms with E-state index in [-0.39, 0.29) is 70.5 Å². The van der Waals surface area contributed by atoms with Crippen molar-refractivity contribution in [3.8, 4) is 0 Å². The summed E-state index contributed by atoms with van der Waals surface area (Å²) in [5.41, 5.74) is 0.601. The minimum absolute atomic E-state index is 0. The third-order valence-electron chi connectivity index (χ3n) is 4.75. The molecule has 3 atom stereocenters. The summed E-state index contributed by atoms with van der Waals surface area (Å²) >= 11 is 0. The summed E-state index contributed by atoms with van der Waals surface area (Å²) in [4.78, 5) is 0. The number of fused-ring (bicyclic) bond motifs is 2. The number of rotatable bonds is 0. The number of aliphatic hydroxyl groups excluding tert-OH is 1. The fourth-order valence-corrected chi connectivity index (χ4v) is 3.16. The Morgan fingerprint density at radius 3 is 1.67 bits per heavy atom. The van der Waals surface area contributed by atoms with Crippen molar-refractivity contribution in [3.63, 3.8) is 0 Å². The van der Waals surface area contributed by atoms with Crippen LogP contribution in [0.15, 0.2) is 0 Å². The van der Waals surface area contributed by atoms with Crippen molar-refractivity contribution in [2.24, 2.45) is 16.7 Å². The fourth-order valence-electron chi connectivity index (χ4n) is 3.16. The third-order valence-corrected chi connectivity index (χ3v) is 4.75. The summed E-state index contributed by atoms with van der Waals surface area (Å²) < 4.78 is 0. The van der Waals surface area contributed by atoms with Crippen LogP contribution in [0.25, 0.3) is 0 Å². The molecule has 2 aliphatic rings. The molecular weight excluding hydrogens is 290 g/mol. The molecule has 5 heteroatoms. The molecule has 2 saturated carbocycles. The van der Waals surface area contributed by atoms with E-state index in [4.69, 9.17) is 0 Å². The summed E-state index contributed by atoms with van der Waals surface area (Å²) in [5.74, 6) is 0.780. The number of halogens is 3. The molecule has 2 fully saturated rings. The predicted octanol–water partition coefficient (Wildman–Crippen LogP) is -6.80. The predicted molar refractivity (Wildman–Crippen MR) is 45.2 cm³/mol. The van der Waals surface area contributed by atoms with Crippen LogP contribution in [0.4, 0.5) is 0 Å². The molecule has 2 rings (SSSR count). The Labute approximate surface area is 126 Å². The average Bonchev–Trinajstić information content (AvgIpc) is 2.20. The minimum atomic E-state index is -0.0313. The van der Waals surface area contributed by atoms with E-state index in [2.05, 4.69) is 20.8 Å². The monoisotopic (exact) mass is 307 g/mol. The van der Waals surface area contributed by atoms with Gasteiger partial charge in [-0.2, -0.15) is 0 Å². The van der Waals surface area contributed by atoms with Gasteiger partial charge in [0, 0.05) is 0 Å². The maximum absolute atomic E-state index is 9.81. The zero-order valence-corrected chi connectivity index (χ0v) is 13.2. The van der Waals surface area contributed by atoms with Crippen LogP contribution in [0.5, 0.6) is 0 Å². The standard InChI is InChI=1S/C10H18O.3ClH.Ti/c1-9(2)7-4-5-10(9,3)8(11)6-7;;;;/h7-8,11H,4-6H2,1-3H3;3*1H;/q;;;;+3/p-3/t7?,8?,10-;;;;/m1..../s1. The van der Waals surface area contributed by atoms with E-state index >= 15 is 0 Å². The second-order valence-corrected chi connectivity index (χ2v) is 5.13.